The maximum absolute atomic E-state index is 13.8. The number of hydrogen-bond acceptors (Lipinski definition) is 3. The van der Waals surface area contributed by atoms with Crippen LogP contribution in [0.1, 0.15) is 36.1 Å². The zero-order chi connectivity index (χ0) is 17.8. The van der Waals surface area contributed by atoms with Crippen molar-refractivity contribution in [1.29, 1.82) is 0 Å². The van der Waals surface area contributed by atoms with E-state index in [1.165, 1.54) is 30.7 Å². The topological polar surface area (TPSA) is 47.6 Å². The lowest BCUT2D eigenvalue weighted by atomic mass is 10.1. The van der Waals surface area contributed by atoms with Crippen LogP contribution < -0.4 is 14.8 Å². The molecule has 2 aromatic carbocycles. The van der Waals surface area contributed by atoms with Gasteiger partial charge in [-0.3, -0.25) is 4.79 Å². The predicted octanol–water partition coefficient (Wildman–Crippen LogP) is 3.58. The Morgan fingerprint density at radius 1 is 1.20 bits per heavy atom. The lowest BCUT2D eigenvalue weighted by Crippen LogP contribution is -2.31. The van der Waals surface area contributed by atoms with Crippen molar-refractivity contribution < 1.29 is 18.7 Å². The second-order valence-electron chi connectivity index (χ2n) is 6.26. The standard InChI is InChI=1S/C20H22FNO3/c1-13(15-7-9-19(24-2)18(21)11-15)22-20(23)12-25-17-8-6-14-4-3-5-16(14)10-17/h6-11,13H,3-5,12H2,1-2H3,(H,22,23)/t13-/m1/s1. The van der Waals surface area contributed by atoms with Crippen molar-refractivity contribution >= 4 is 5.91 Å². The van der Waals surface area contributed by atoms with E-state index < -0.39 is 5.82 Å². The first-order chi connectivity index (χ1) is 12.1. The third-order valence-corrected chi connectivity index (χ3v) is 4.49. The van der Waals surface area contributed by atoms with Crippen LogP contribution in [0.5, 0.6) is 11.5 Å². The van der Waals surface area contributed by atoms with E-state index in [9.17, 15) is 9.18 Å². The Bertz CT molecular complexity index is 776. The molecule has 132 valence electrons. The highest BCUT2D eigenvalue weighted by Gasteiger charge is 2.14. The number of nitrogens with one attached hydrogen (secondary N) is 1. The summed E-state index contributed by atoms with van der Waals surface area (Å²) in [5.41, 5.74) is 3.34. The number of ether oxygens (including phenoxy) is 2. The van der Waals surface area contributed by atoms with Gasteiger partial charge in [0, 0.05) is 0 Å². The number of carbonyl (C=O) groups is 1. The largest absolute Gasteiger partial charge is 0.494 e. The van der Waals surface area contributed by atoms with Crippen LogP contribution >= 0.6 is 0 Å². The number of halogens is 1. The molecule has 0 aliphatic heterocycles. The molecule has 1 N–H and O–H groups in total. The average molecular weight is 343 g/mol. The summed E-state index contributed by atoms with van der Waals surface area (Å²) in [5, 5.41) is 2.81. The van der Waals surface area contributed by atoms with Gasteiger partial charge in [-0.1, -0.05) is 12.1 Å². The molecular formula is C20H22FNO3. The summed E-state index contributed by atoms with van der Waals surface area (Å²) in [4.78, 5) is 12.1. The molecule has 0 radical (unpaired) electrons. The van der Waals surface area contributed by atoms with Gasteiger partial charge in [-0.05, 0) is 67.1 Å². The Morgan fingerprint density at radius 3 is 2.76 bits per heavy atom. The van der Waals surface area contributed by atoms with Gasteiger partial charge in [-0.15, -0.1) is 0 Å². The number of fused-ring (bicyclic) bond motifs is 1. The molecule has 1 atom stereocenters. The molecule has 0 heterocycles. The van der Waals surface area contributed by atoms with Crippen LogP contribution in [0.4, 0.5) is 4.39 Å². The smallest absolute Gasteiger partial charge is 0.258 e. The van der Waals surface area contributed by atoms with Gasteiger partial charge in [0.2, 0.25) is 0 Å². The van der Waals surface area contributed by atoms with Crippen LogP contribution in [-0.4, -0.2) is 19.6 Å². The molecule has 0 saturated heterocycles. The van der Waals surface area contributed by atoms with E-state index in [0.717, 1.165) is 12.8 Å². The van der Waals surface area contributed by atoms with Crippen molar-refractivity contribution in [2.45, 2.75) is 32.2 Å². The van der Waals surface area contributed by atoms with Gasteiger partial charge >= 0.3 is 0 Å². The highest BCUT2D eigenvalue weighted by Crippen LogP contribution is 2.26. The number of methoxy groups -OCH3 is 1. The fourth-order valence-corrected chi connectivity index (χ4v) is 3.11. The van der Waals surface area contributed by atoms with E-state index in [1.807, 2.05) is 12.1 Å². The zero-order valence-electron chi connectivity index (χ0n) is 14.5. The summed E-state index contributed by atoms with van der Waals surface area (Å²) in [6, 6.07) is 10.3. The summed E-state index contributed by atoms with van der Waals surface area (Å²) in [7, 11) is 1.42. The summed E-state index contributed by atoms with van der Waals surface area (Å²) in [5.74, 6) is 0.195. The van der Waals surface area contributed by atoms with Crippen molar-refractivity contribution in [3.63, 3.8) is 0 Å². The summed E-state index contributed by atoms with van der Waals surface area (Å²) < 4.78 is 24.2. The number of aryl methyl sites for hydroxylation is 2. The van der Waals surface area contributed by atoms with Crippen molar-refractivity contribution in [3.05, 3.63) is 58.9 Å². The summed E-state index contributed by atoms with van der Waals surface area (Å²) in [6.07, 6.45) is 3.36. The van der Waals surface area contributed by atoms with Gasteiger partial charge in [0.25, 0.3) is 5.91 Å². The quantitative estimate of drug-likeness (QED) is 0.872. The highest BCUT2D eigenvalue weighted by molar-refractivity contribution is 5.78. The first-order valence-corrected chi connectivity index (χ1v) is 8.44. The number of amides is 1. The fraction of sp³-hybridized carbons (Fsp3) is 0.350. The number of rotatable bonds is 6. The van der Waals surface area contributed by atoms with Gasteiger partial charge in [0.05, 0.1) is 13.2 Å². The molecule has 5 heteroatoms. The molecular weight excluding hydrogens is 321 g/mol. The minimum Gasteiger partial charge on any atom is -0.494 e. The lowest BCUT2D eigenvalue weighted by Gasteiger charge is -2.16. The van der Waals surface area contributed by atoms with Crippen LogP contribution in [0.25, 0.3) is 0 Å². The van der Waals surface area contributed by atoms with Crippen LogP contribution in [0, 0.1) is 5.82 Å². The summed E-state index contributed by atoms with van der Waals surface area (Å²) in [6.45, 7) is 1.73. The lowest BCUT2D eigenvalue weighted by molar-refractivity contribution is -0.123. The fourth-order valence-electron chi connectivity index (χ4n) is 3.11. The molecule has 2 aromatic rings. The molecule has 0 unspecified atom stereocenters. The molecule has 25 heavy (non-hydrogen) atoms. The first kappa shape index (κ1) is 17.3. The summed E-state index contributed by atoms with van der Waals surface area (Å²) >= 11 is 0. The van der Waals surface area contributed by atoms with Gasteiger partial charge in [-0.25, -0.2) is 4.39 Å². The van der Waals surface area contributed by atoms with E-state index in [0.29, 0.717) is 11.3 Å². The van der Waals surface area contributed by atoms with Crippen molar-refractivity contribution in [3.8, 4) is 11.5 Å². The third-order valence-electron chi connectivity index (χ3n) is 4.49. The molecule has 4 nitrogen and oxygen atoms in total. The zero-order valence-corrected chi connectivity index (χ0v) is 14.5. The second kappa shape index (κ2) is 7.55. The predicted molar refractivity (Wildman–Crippen MR) is 93.5 cm³/mol. The van der Waals surface area contributed by atoms with Crippen molar-refractivity contribution in [2.75, 3.05) is 13.7 Å². The van der Waals surface area contributed by atoms with Crippen molar-refractivity contribution in [2.24, 2.45) is 0 Å². The van der Waals surface area contributed by atoms with Gasteiger partial charge in [-0.2, -0.15) is 0 Å². The van der Waals surface area contributed by atoms with E-state index >= 15 is 0 Å². The van der Waals surface area contributed by atoms with Gasteiger partial charge < -0.3 is 14.8 Å². The highest BCUT2D eigenvalue weighted by atomic mass is 19.1. The van der Waals surface area contributed by atoms with E-state index in [-0.39, 0.29) is 24.3 Å². The molecule has 1 aliphatic carbocycles. The van der Waals surface area contributed by atoms with Crippen LogP contribution in [0.15, 0.2) is 36.4 Å². The minimum atomic E-state index is -0.449. The van der Waals surface area contributed by atoms with E-state index in [2.05, 4.69) is 11.4 Å². The average Bonchev–Trinajstić information content (AvgIpc) is 3.07. The Kier molecular flexibility index (Phi) is 5.22. The van der Waals surface area contributed by atoms with Crippen LogP contribution in [0.3, 0.4) is 0 Å². The normalized spacial score (nSPS) is 13.9. The molecule has 1 aliphatic rings. The molecule has 1 amide bonds. The Labute approximate surface area is 147 Å². The van der Waals surface area contributed by atoms with Crippen LogP contribution in [-0.2, 0) is 17.6 Å². The molecule has 0 spiro atoms. The van der Waals surface area contributed by atoms with Gasteiger partial charge in [0.1, 0.15) is 5.75 Å². The monoisotopic (exact) mass is 343 g/mol. The molecule has 3 rings (SSSR count). The Balaban J connectivity index is 1.54. The molecule has 0 fully saturated rings. The first-order valence-electron chi connectivity index (χ1n) is 8.44. The maximum Gasteiger partial charge on any atom is 0.258 e. The number of benzene rings is 2. The van der Waals surface area contributed by atoms with Crippen LogP contribution in [0.2, 0.25) is 0 Å². The second-order valence-corrected chi connectivity index (χ2v) is 6.26. The number of carbonyl (C=O) groups excluding carboxylic acids is 1. The Hall–Kier alpha value is -2.56. The molecule has 0 saturated carbocycles. The number of hydrogen-bond donors (Lipinski definition) is 1. The maximum atomic E-state index is 13.8. The molecule has 0 aromatic heterocycles. The minimum absolute atomic E-state index is 0.0677. The SMILES string of the molecule is COc1ccc([C@@H](C)NC(=O)COc2ccc3c(c2)CCC3)cc1F. The van der Waals surface area contributed by atoms with Gasteiger partial charge in [0.15, 0.2) is 18.2 Å². The van der Waals surface area contributed by atoms with Crippen molar-refractivity contribution in [1.82, 2.24) is 5.32 Å². The molecule has 0 bridgehead atoms. The third kappa shape index (κ3) is 4.10. The Morgan fingerprint density at radius 2 is 2.00 bits per heavy atom. The van der Waals surface area contributed by atoms with E-state index in [4.69, 9.17) is 9.47 Å². The van der Waals surface area contributed by atoms with E-state index in [1.54, 1.807) is 19.1 Å².